The Kier molecular flexibility index (Phi) is 4.53. The molecule has 20 heavy (non-hydrogen) atoms. The fourth-order valence-electron chi connectivity index (χ4n) is 1.68. The summed E-state index contributed by atoms with van der Waals surface area (Å²) in [5.41, 5.74) is 2.00. The lowest BCUT2D eigenvalue weighted by Crippen LogP contribution is -2.09. The van der Waals surface area contributed by atoms with Crippen molar-refractivity contribution in [3.05, 3.63) is 70.5 Å². The van der Waals surface area contributed by atoms with Crippen LogP contribution in [0.4, 0.5) is 10.1 Å². The fourth-order valence-corrected chi connectivity index (χ4v) is 1.88. The Balaban J connectivity index is 2.10. The van der Waals surface area contributed by atoms with E-state index < -0.39 is 0 Å². The van der Waals surface area contributed by atoms with E-state index >= 15 is 0 Å². The first-order valence-corrected chi connectivity index (χ1v) is 6.44. The van der Waals surface area contributed by atoms with Crippen molar-refractivity contribution < 1.29 is 9.18 Å². The van der Waals surface area contributed by atoms with Gasteiger partial charge in [-0.05, 0) is 42.3 Å². The number of aryl methyl sites for hydroxylation is 1. The van der Waals surface area contributed by atoms with Crippen molar-refractivity contribution in [2.75, 3.05) is 5.32 Å². The lowest BCUT2D eigenvalue weighted by Gasteiger charge is -2.06. The van der Waals surface area contributed by atoms with E-state index in [1.54, 1.807) is 31.2 Å². The van der Waals surface area contributed by atoms with Crippen LogP contribution < -0.4 is 5.32 Å². The van der Waals surface area contributed by atoms with E-state index in [-0.39, 0.29) is 11.7 Å². The number of anilines is 1. The molecular formula is C16H13ClFNO. The molecule has 0 aliphatic heterocycles. The highest BCUT2D eigenvalue weighted by atomic mass is 35.5. The molecule has 0 saturated heterocycles. The van der Waals surface area contributed by atoms with E-state index in [0.717, 1.165) is 11.1 Å². The first-order valence-electron chi connectivity index (χ1n) is 6.06. The van der Waals surface area contributed by atoms with Crippen molar-refractivity contribution in [2.45, 2.75) is 6.92 Å². The van der Waals surface area contributed by atoms with Gasteiger partial charge in [-0.15, -0.1) is 0 Å². The molecule has 0 aliphatic rings. The molecule has 2 rings (SSSR count). The quantitative estimate of drug-likeness (QED) is 0.832. The van der Waals surface area contributed by atoms with Crippen LogP contribution in [0.1, 0.15) is 11.1 Å². The number of amides is 1. The van der Waals surface area contributed by atoms with Gasteiger partial charge in [0.2, 0.25) is 5.91 Å². The first kappa shape index (κ1) is 14.3. The highest BCUT2D eigenvalue weighted by molar-refractivity contribution is 6.32. The molecule has 0 saturated carbocycles. The molecular weight excluding hydrogens is 277 g/mol. The second-order valence-electron chi connectivity index (χ2n) is 4.30. The Morgan fingerprint density at radius 1 is 1.25 bits per heavy atom. The summed E-state index contributed by atoms with van der Waals surface area (Å²) in [5.74, 6) is -0.723. The van der Waals surface area contributed by atoms with Crippen molar-refractivity contribution in [3.63, 3.8) is 0 Å². The lowest BCUT2D eigenvalue weighted by atomic mass is 10.2. The molecule has 0 unspecified atom stereocenters. The molecule has 0 radical (unpaired) electrons. The van der Waals surface area contributed by atoms with E-state index in [1.165, 1.54) is 18.2 Å². The van der Waals surface area contributed by atoms with E-state index in [9.17, 15) is 9.18 Å². The Hall–Kier alpha value is -2.13. The summed E-state index contributed by atoms with van der Waals surface area (Å²) >= 11 is 5.98. The zero-order valence-electron chi connectivity index (χ0n) is 10.9. The van der Waals surface area contributed by atoms with Gasteiger partial charge in [0.15, 0.2) is 0 Å². The molecule has 102 valence electrons. The molecule has 2 aromatic rings. The predicted octanol–water partition coefficient (Wildman–Crippen LogP) is 4.44. The molecule has 2 nitrogen and oxygen atoms in total. The third-order valence-electron chi connectivity index (χ3n) is 2.78. The number of carbonyl (C=O) groups is 1. The predicted molar refractivity (Wildman–Crippen MR) is 80.3 cm³/mol. The van der Waals surface area contributed by atoms with Crippen LogP contribution in [0.5, 0.6) is 0 Å². The number of rotatable bonds is 3. The summed E-state index contributed by atoms with van der Waals surface area (Å²) in [6.45, 7) is 1.80. The van der Waals surface area contributed by atoms with Gasteiger partial charge in [-0.3, -0.25) is 4.79 Å². The second kappa shape index (κ2) is 6.35. The van der Waals surface area contributed by atoms with E-state index in [1.807, 2.05) is 12.1 Å². The molecule has 1 amide bonds. The third-order valence-corrected chi connectivity index (χ3v) is 3.12. The van der Waals surface area contributed by atoms with Gasteiger partial charge < -0.3 is 5.32 Å². The van der Waals surface area contributed by atoms with Crippen molar-refractivity contribution in [2.24, 2.45) is 0 Å². The number of nitrogens with one attached hydrogen (secondary N) is 1. The lowest BCUT2D eigenvalue weighted by molar-refractivity contribution is -0.111. The first-order chi connectivity index (χ1) is 9.56. The molecule has 0 bridgehead atoms. The standard InChI is InChI=1S/C16H13ClFNO/c1-11-6-8-13(18)10-15(11)19-16(20)9-7-12-4-2-3-5-14(12)17/h2-10H,1H3,(H,19,20)/b9-7+. The summed E-state index contributed by atoms with van der Waals surface area (Å²) < 4.78 is 13.1. The molecule has 0 aliphatic carbocycles. The Morgan fingerprint density at radius 2 is 2.00 bits per heavy atom. The highest BCUT2D eigenvalue weighted by Gasteiger charge is 2.03. The third kappa shape index (κ3) is 3.68. The van der Waals surface area contributed by atoms with Gasteiger partial charge in [-0.2, -0.15) is 0 Å². The highest BCUT2D eigenvalue weighted by Crippen LogP contribution is 2.18. The van der Waals surface area contributed by atoms with Crippen molar-refractivity contribution >= 4 is 29.3 Å². The van der Waals surface area contributed by atoms with Crippen molar-refractivity contribution in [1.29, 1.82) is 0 Å². The fraction of sp³-hybridized carbons (Fsp3) is 0.0625. The van der Waals surface area contributed by atoms with Crippen LogP contribution in [0.2, 0.25) is 5.02 Å². The van der Waals surface area contributed by atoms with Crippen LogP contribution in [0.25, 0.3) is 6.08 Å². The van der Waals surface area contributed by atoms with Crippen LogP contribution in [-0.2, 0) is 4.79 Å². The van der Waals surface area contributed by atoms with Gasteiger partial charge in [-0.25, -0.2) is 4.39 Å². The molecule has 1 N–H and O–H groups in total. The monoisotopic (exact) mass is 289 g/mol. The minimum Gasteiger partial charge on any atom is -0.322 e. The molecule has 4 heteroatoms. The van der Waals surface area contributed by atoms with Crippen LogP contribution in [0, 0.1) is 12.7 Å². The summed E-state index contributed by atoms with van der Waals surface area (Å²) in [6, 6.07) is 11.5. The van der Waals surface area contributed by atoms with Gasteiger partial charge in [0.05, 0.1) is 0 Å². The van der Waals surface area contributed by atoms with Crippen molar-refractivity contribution in [1.82, 2.24) is 0 Å². The number of hydrogen-bond acceptors (Lipinski definition) is 1. The Morgan fingerprint density at radius 3 is 2.75 bits per heavy atom. The van der Waals surface area contributed by atoms with E-state index in [4.69, 9.17) is 11.6 Å². The maximum absolute atomic E-state index is 13.1. The SMILES string of the molecule is Cc1ccc(F)cc1NC(=O)/C=C/c1ccccc1Cl. The minimum atomic E-state index is -0.388. The van der Waals surface area contributed by atoms with Gasteiger partial charge >= 0.3 is 0 Å². The number of benzene rings is 2. The topological polar surface area (TPSA) is 29.1 Å². The average Bonchev–Trinajstić information content (AvgIpc) is 2.42. The minimum absolute atomic E-state index is 0.335. The summed E-state index contributed by atoms with van der Waals surface area (Å²) in [7, 11) is 0. The largest absolute Gasteiger partial charge is 0.322 e. The normalized spacial score (nSPS) is 10.8. The van der Waals surface area contributed by atoms with E-state index in [2.05, 4.69) is 5.32 Å². The molecule has 0 atom stereocenters. The maximum atomic E-state index is 13.1. The number of halogens is 2. The van der Waals surface area contributed by atoms with Gasteiger partial charge in [-0.1, -0.05) is 35.9 Å². The van der Waals surface area contributed by atoms with Crippen molar-refractivity contribution in [3.8, 4) is 0 Å². The zero-order valence-corrected chi connectivity index (χ0v) is 11.6. The van der Waals surface area contributed by atoms with Crippen LogP contribution in [0.3, 0.4) is 0 Å². The summed E-state index contributed by atoms with van der Waals surface area (Å²) in [5, 5.41) is 3.20. The molecule has 0 heterocycles. The summed E-state index contributed by atoms with van der Waals surface area (Å²) in [4.78, 5) is 11.8. The van der Waals surface area contributed by atoms with Gasteiger partial charge in [0.1, 0.15) is 5.82 Å². The van der Waals surface area contributed by atoms with Crippen LogP contribution in [-0.4, -0.2) is 5.91 Å². The van der Waals surface area contributed by atoms with Crippen LogP contribution >= 0.6 is 11.6 Å². The molecule has 0 fully saturated rings. The van der Waals surface area contributed by atoms with Crippen LogP contribution in [0.15, 0.2) is 48.5 Å². The molecule has 2 aromatic carbocycles. The number of hydrogen-bond donors (Lipinski definition) is 1. The smallest absolute Gasteiger partial charge is 0.248 e. The average molecular weight is 290 g/mol. The number of carbonyl (C=O) groups excluding carboxylic acids is 1. The molecule has 0 spiro atoms. The maximum Gasteiger partial charge on any atom is 0.248 e. The van der Waals surface area contributed by atoms with E-state index in [0.29, 0.717) is 10.7 Å². The second-order valence-corrected chi connectivity index (χ2v) is 4.71. The summed E-state index contributed by atoms with van der Waals surface area (Å²) in [6.07, 6.45) is 2.98. The zero-order chi connectivity index (χ0) is 14.5. The Labute approximate surface area is 121 Å². The van der Waals surface area contributed by atoms with Gasteiger partial charge in [0, 0.05) is 16.8 Å². The molecule has 0 aromatic heterocycles. The Bertz CT molecular complexity index is 667. The van der Waals surface area contributed by atoms with Gasteiger partial charge in [0.25, 0.3) is 0 Å².